The lowest BCUT2D eigenvalue weighted by atomic mass is 10.1. The normalized spacial score (nSPS) is 9.90. The number of hydrogen-bond donors (Lipinski definition) is 2. The number of anilines is 3. The fourth-order valence-corrected chi connectivity index (χ4v) is 6.25. The predicted octanol–water partition coefficient (Wildman–Crippen LogP) is 11.0. The van der Waals surface area contributed by atoms with Gasteiger partial charge in [0, 0.05) is 37.9 Å². The predicted molar refractivity (Wildman–Crippen MR) is 238 cm³/mol. The van der Waals surface area contributed by atoms with E-state index < -0.39 is 0 Å². The Morgan fingerprint density at radius 3 is 1.63 bits per heavy atom. The number of carbonyl (C=O) groups is 1. The molecule has 2 heterocycles. The smallest absolute Gasteiger partial charge is 0.240 e. The molecule has 0 aliphatic rings. The van der Waals surface area contributed by atoms with E-state index in [1.807, 2.05) is 6.92 Å². The first kappa shape index (κ1) is 50.9. The van der Waals surface area contributed by atoms with E-state index in [2.05, 4.69) is 30.2 Å². The van der Waals surface area contributed by atoms with E-state index >= 15 is 0 Å². The largest absolute Gasteiger partial charge is 0.495 e. The van der Waals surface area contributed by atoms with Crippen LogP contribution >= 0.6 is 92.8 Å². The van der Waals surface area contributed by atoms with Gasteiger partial charge in [-0.05, 0) is 37.1 Å². The fraction of sp³-hybridized carbons (Fsp3) is 0.243. The minimum atomic E-state index is -0.288. The van der Waals surface area contributed by atoms with Crippen molar-refractivity contribution in [3.63, 3.8) is 0 Å². The van der Waals surface area contributed by atoms with Gasteiger partial charge in [-0.3, -0.25) is 9.69 Å². The summed E-state index contributed by atoms with van der Waals surface area (Å²) in [7, 11) is 9.29. The van der Waals surface area contributed by atoms with Gasteiger partial charge < -0.3 is 30.0 Å². The molecule has 316 valence electrons. The number of aryl methyl sites for hydroxylation is 2. The van der Waals surface area contributed by atoms with E-state index in [1.165, 1.54) is 58.1 Å². The number of ether oxygens (including phenoxy) is 4. The third kappa shape index (κ3) is 14.2. The van der Waals surface area contributed by atoms with Crippen LogP contribution in [0.2, 0.25) is 40.4 Å². The van der Waals surface area contributed by atoms with Gasteiger partial charge in [-0.25, -0.2) is 24.7 Å². The van der Waals surface area contributed by atoms with Crippen LogP contribution in [0.3, 0.4) is 0 Å². The SMILES string of the molecule is CNc1cc(Cl)ncn1.COc1cc(C)c(Cl)c(N)c1Cl.COc1cc(C)c(Cl)c(N=C=O)c1Cl.COc1cc(OC)c(Cl)c(CC(=O)N(C)c2cc(Cl)ncn2)c1Cl. The van der Waals surface area contributed by atoms with E-state index in [-0.39, 0.29) is 38.2 Å². The maximum absolute atomic E-state index is 12.6. The van der Waals surface area contributed by atoms with Crippen LogP contribution in [0.15, 0.2) is 48.0 Å². The van der Waals surface area contributed by atoms with Crippen LogP contribution in [0.5, 0.6) is 23.0 Å². The maximum Gasteiger partial charge on any atom is 0.240 e. The molecule has 1 amide bonds. The van der Waals surface area contributed by atoms with E-state index in [9.17, 15) is 9.59 Å². The highest BCUT2D eigenvalue weighted by molar-refractivity contribution is 6.41. The number of likely N-dealkylation sites (N-methyl/N-ethyl adjacent to an activating group) is 1. The van der Waals surface area contributed by atoms with Gasteiger partial charge in [-0.2, -0.15) is 4.99 Å². The summed E-state index contributed by atoms with van der Waals surface area (Å²) in [6, 6.07) is 8.12. The number of carbonyl (C=O) groups excluding carboxylic acids is 2. The second kappa shape index (κ2) is 24.8. The van der Waals surface area contributed by atoms with Crippen molar-refractivity contribution in [2.24, 2.45) is 4.99 Å². The monoisotopic (exact) mass is 968 g/mol. The lowest BCUT2D eigenvalue weighted by molar-refractivity contribution is -0.117. The van der Waals surface area contributed by atoms with Gasteiger partial charge in [0.15, 0.2) is 0 Å². The maximum atomic E-state index is 12.6. The van der Waals surface area contributed by atoms with Gasteiger partial charge in [0.05, 0.1) is 60.6 Å². The van der Waals surface area contributed by atoms with Crippen LogP contribution in [0.4, 0.5) is 23.0 Å². The summed E-state index contributed by atoms with van der Waals surface area (Å²) in [4.78, 5) is 42.8. The van der Waals surface area contributed by atoms with Crippen LogP contribution < -0.4 is 34.9 Å². The number of rotatable bonds is 9. The topological polar surface area (TPSA) is 176 Å². The van der Waals surface area contributed by atoms with Crippen molar-refractivity contribution in [3.05, 3.63) is 100 Å². The average Bonchev–Trinajstić information content (AvgIpc) is 3.23. The molecule has 0 saturated carbocycles. The van der Waals surface area contributed by atoms with E-state index in [4.69, 9.17) is 117 Å². The highest BCUT2D eigenvalue weighted by Crippen LogP contribution is 2.42. The Kier molecular flexibility index (Phi) is 21.4. The summed E-state index contributed by atoms with van der Waals surface area (Å²) in [6.45, 7) is 3.61. The molecule has 0 unspecified atom stereocenters. The number of benzene rings is 3. The molecule has 5 rings (SSSR count). The molecular formula is C37H36Cl8N8O6. The van der Waals surface area contributed by atoms with Gasteiger partial charge >= 0.3 is 0 Å². The first-order valence-electron chi connectivity index (χ1n) is 16.3. The second-order valence-corrected chi connectivity index (χ2v) is 14.2. The fourth-order valence-electron chi connectivity index (χ4n) is 4.40. The Hall–Kier alpha value is -4.21. The molecule has 59 heavy (non-hydrogen) atoms. The number of methoxy groups -OCH3 is 4. The molecule has 0 atom stereocenters. The summed E-state index contributed by atoms with van der Waals surface area (Å²) in [5, 5.41) is 5.43. The Bertz CT molecular complexity index is 2270. The summed E-state index contributed by atoms with van der Waals surface area (Å²) >= 11 is 47.4. The Morgan fingerprint density at radius 2 is 1.17 bits per heavy atom. The zero-order valence-corrected chi connectivity index (χ0v) is 38.5. The zero-order valence-electron chi connectivity index (χ0n) is 32.5. The molecule has 0 aliphatic carbocycles. The third-order valence-corrected chi connectivity index (χ3v) is 10.5. The zero-order chi connectivity index (χ0) is 44.6. The molecule has 0 spiro atoms. The van der Waals surface area contributed by atoms with Crippen molar-refractivity contribution in [1.82, 2.24) is 19.9 Å². The second-order valence-electron chi connectivity index (χ2n) is 11.2. The average molecular weight is 972 g/mol. The molecular weight excluding hydrogens is 936 g/mol. The van der Waals surface area contributed by atoms with Crippen molar-refractivity contribution in [3.8, 4) is 23.0 Å². The van der Waals surface area contributed by atoms with Crippen molar-refractivity contribution in [2.45, 2.75) is 20.3 Å². The van der Waals surface area contributed by atoms with Crippen molar-refractivity contribution in [2.75, 3.05) is 58.5 Å². The summed E-state index contributed by atoms with van der Waals surface area (Å²) in [6.07, 6.45) is 4.01. The lowest BCUT2D eigenvalue weighted by Gasteiger charge is -2.18. The Balaban J connectivity index is 0.000000292. The molecule has 5 aromatic rings. The van der Waals surface area contributed by atoms with E-state index in [0.717, 1.165) is 16.9 Å². The quantitative estimate of drug-likeness (QED) is 0.0619. The third-order valence-electron chi connectivity index (χ3n) is 7.53. The molecule has 2 aromatic heterocycles. The molecule has 14 nitrogen and oxygen atoms in total. The lowest BCUT2D eigenvalue weighted by Crippen LogP contribution is -2.29. The number of nitrogen functional groups attached to an aromatic ring is 1. The Labute approximate surface area is 380 Å². The molecule has 0 radical (unpaired) electrons. The number of hydrogen-bond acceptors (Lipinski definition) is 13. The standard InChI is InChI=1S/C15H14Cl3N3O3.C9H7Cl2NO2.C8H9Cl2NO.C5H6ClN3/c1-21(12-6-11(16)19-7-20-12)13(22)4-8-14(17)9(23-2)5-10(24-3)15(8)18;1-5-3-6(14-2)8(11)9(7(5)10)12-4-13;1-4-3-5(12-2)7(10)8(11)6(4)9;1-7-5-2-4(6)8-3-9-5/h5-7H,4H2,1-3H3;3H,1-2H3;3H,11H2,1-2H3;2-3H,1H3,(H,7,8,9). The van der Waals surface area contributed by atoms with Crippen LogP contribution in [-0.2, 0) is 16.0 Å². The summed E-state index contributed by atoms with van der Waals surface area (Å²) in [5.74, 6) is 2.53. The van der Waals surface area contributed by atoms with Crippen LogP contribution in [0.25, 0.3) is 0 Å². The van der Waals surface area contributed by atoms with Crippen molar-refractivity contribution in [1.29, 1.82) is 0 Å². The first-order chi connectivity index (χ1) is 27.9. The van der Waals surface area contributed by atoms with E-state index in [1.54, 1.807) is 45.3 Å². The summed E-state index contributed by atoms with van der Waals surface area (Å²) in [5.41, 5.74) is 8.18. The number of nitrogens with zero attached hydrogens (tertiary/aromatic N) is 6. The van der Waals surface area contributed by atoms with Crippen LogP contribution in [0.1, 0.15) is 16.7 Å². The van der Waals surface area contributed by atoms with Crippen molar-refractivity contribution >= 4 is 128 Å². The van der Waals surface area contributed by atoms with Crippen molar-refractivity contribution < 1.29 is 28.5 Å². The van der Waals surface area contributed by atoms with Crippen LogP contribution in [-0.4, -0.2) is 74.5 Å². The van der Waals surface area contributed by atoms with E-state index in [0.29, 0.717) is 60.3 Å². The van der Waals surface area contributed by atoms with Gasteiger partial charge in [-0.15, -0.1) is 0 Å². The molecule has 0 saturated heterocycles. The highest BCUT2D eigenvalue weighted by Gasteiger charge is 2.22. The molecule has 3 N–H and O–H groups in total. The Morgan fingerprint density at radius 1 is 0.695 bits per heavy atom. The number of nitrogens with one attached hydrogen (secondary N) is 1. The van der Waals surface area contributed by atoms with Gasteiger partial charge in [0.1, 0.15) is 73.3 Å². The highest BCUT2D eigenvalue weighted by atomic mass is 35.5. The van der Waals surface area contributed by atoms with Crippen LogP contribution in [0, 0.1) is 13.8 Å². The number of aliphatic imine (C=N–C) groups is 1. The molecule has 0 bridgehead atoms. The number of nitrogens with two attached hydrogens (primary N) is 1. The molecule has 0 fully saturated rings. The van der Waals surface area contributed by atoms with Gasteiger partial charge in [0.25, 0.3) is 0 Å². The number of amides is 1. The number of halogens is 8. The molecule has 22 heteroatoms. The minimum Gasteiger partial charge on any atom is -0.495 e. The van der Waals surface area contributed by atoms with Gasteiger partial charge in [-0.1, -0.05) is 92.8 Å². The molecule has 3 aromatic carbocycles. The minimum absolute atomic E-state index is 0.0661. The number of isocyanates is 1. The summed E-state index contributed by atoms with van der Waals surface area (Å²) < 4.78 is 20.4. The molecule has 0 aliphatic heterocycles. The number of aromatic nitrogens is 4. The first-order valence-corrected chi connectivity index (χ1v) is 19.3. The van der Waals surface area contributed by atoms with Gasteiger partial charge in [0.2, 0.25) is 12.0 Å².